The zero-order chi connectivity index (χ0) is 18.0. The van der Waals surface area contributed by atoms with E-state index in [4.69, 9.17) is 0 Å². The maximum absolute atomic E-state index is 12.9. The van der Waals surface area contributed by atoms with Crippen LogP contribution in [0, 0.1) is 5.92 Å². The number of rotatable bonds is 2. The first kappa shape index (κ1) is 18.0. The van der Waals surface area contributed by atoms with Gasteiger partial charge in [-0.1, -0.05) is 6.07 Å². The fraction of sp³-hybridized carbons (Fsp3) is 0.611. The predicted molar refractivity (Wildman–Crippen MR) is 90.5 cm³/mol. The summed E-state index contributed by atoms with van der Waals surface area (Å²) in [5.41, 5.74) is -0.0620. The summed E-state index contributed by atoms with van der Waals surface area (Å²) < 4.78 is 38.6. The normalized spacial score (nSPS) is 23.0. The van der Waals surface area contributed by atoms with E-state index in [1.807, 2.05) is 16.8 Å². The molecule has 3 rings (SSSR count). The molecule has 0 bridgehead atoms. The van der Waals surface area contributed by atoms with Crippen molar-refractivity contribution in [1.29, 1.82) is 0 Å². The van der Waals surface area contributed by atoms with E-state index in [1.54, 1.807) is 6.07 Å². The first-order valence-corrected chi connectivity index (χ1v) is 8.74. The van der Waals surface area contributed by atoms with Gasteiger partial charge in [0.1, 0.15) is 0 Å². The summed E-state index contributed by atoms with van der Waals surface area (Å²) >= 11 is 0. The number of hydrogen-bond donors (Lipinski definition) is 0. The predicted octanol–water partition coefficient (Wildman–Crippen LogP) is 2.70. The first-order chi connectivity index (χ1) is 11.8. The van der Waals surface area contributed by atoms with E-state index in [1.165, 1.54) is 12.1 Å². The van der Waals surface area contributed by atoms with Gasteiger partial charge in [0, 0.05) is 38.4 Å². The summed E-state index contributed by atoms with van der Waals surface area (Å²) in [5, 5.41) is 0. The van der Waals surface area contributed by atoms with E-state index in [0.29, 0.717) is 31.9 Å². The number of carbonyl (C=O) groups excluding carboxylic acids is 1. The van der Waals surface area contributed by atoms with E-state index in [9.17, 15) is 18.0 Å². The largest absolute Gasteiger partial charge is 0.416 e. The van der Waals surface area contributed by atoms with E-state index in [0.717, 1.165) is 32.0 Å². The maximum atomic E-state index is 12.9. The van der Waals surface area contributed by atoms with Gasteiger partial charge in [0.2, 0.25) is 5.91 Å². The van der Waals surface area contributed by atoms with Crippen molar-refractivity contribution in [2.45, 2.75) is 19.0 Å². The zero-order valence-corrected chi connectivity index (χ0v) is 14.4. The van der Waals surface area contributed by atoms with Crippen molar-refractivity contribution in [3.63, 3.8) is 0 Å². The quantitative estimate of drug-likeness (QED) is 0.816. The molecule has 1 atom stereocenters. The average Bonchev–Trinajstić information content (AvgIpc) is 2.61. The standard InChI is InChI=1S/C18H24F3N3O/c1-22-7-3-4-14(13-22)17(25)24-10-8-23(9-11-24)16-6-2-5-15(12-16)18(19,20)21/h2,5-6,12,14H,3-4,7-11,13H2,1H3/t14-/m1/s1. The summed E-state index contributed by atoms with van der Waals surface area (Å²) in [6, 6.07) is 5.41. The van der Waals surface area contributed by atoms with Crippen LogP contribution in [0.15, 0.2) is 24.3 Å². The average molecular weight is 355 g/mol. The molecule has 4 nitrogen and oxygen atoms in total. The minimum Gasteiger partial charge on any atom is -0.368 e. The number of nitrogens with zero attached hydrogens (tertiary/aromatic N) is 3. The van der Waals surface area contributed by atoms with Crippen LogP contribution in [0.25, 0.3) is 0 Å². The highest BCUT2D eigenvalue weighted by Gasteiger charge is 2.32. The van der Waals surface area contributed by atoms with Crippen LogP contribution >= 0.6 is 0 Å². The monoisotopic (exact) mass is 355 g/mol. The van der Waals surface area contributed by atoms with Gasteiger partial charge in [-0.2, -0.15) is 13.2 Å². The Morgan fingerprint density at radius 1 is 1.12 bits per heavy atom. The fourth-order valence-corrected chi connectivity index (χ4v) is 3.69. The van der Waals surface area contributed by atoms with Crippen LogP contribution in [-0.2, 0) is 11.0 Å². The number of alkyl halides is 3. The van der Waals surface area contributed by atoms with Crippen molar-refractivity contribution < 1.29 is 18.0 Å². The lowest BCUT2D eigenvalue weighted by Gasteiger charge is -2.39. The molecule has 0 radical (unpaired) electrons. The van der Waals surface area contributed by atoms with Crippen molar-refractivity contribution in [2.75, 3.05) is 51.2 Å². The Balaban J connectivity index is 1.59. The van der Waals surface area contributed by atoms with Gasteiger partial charge in [-0.15, -0.1) is 0 Å². The second-order valence-electron chi connectivity index (χ2n) is 6.96. The summed E-state index contributed by atoms with van der Waals surface area (Å²) in [6.07, 6.45) is -2.37. The van der Waals surface area contributed by atoms with Gasteiger partial charge >= 0.3 is 6.18 Å². The van der Waals surface area contributed by atoms with Crippen LogP contribution in [0.3, 0.4) is 0 Å². The van der Waals surface area contributed by atoms with Crippen molar-refractivity contribution in [1.82, 2.24) is 9.80 Å². The Morgan fingerprint density at radius 2 is 1.84 bits per heavy atom. The Bertz CT molecular complexity index is 612. The molecule has 25 heavy (non-hydrogen) atoms. The number of benzene rings is 1. The summed E-state index contributed by atoms with van der Waals surface area (Å²) in [7, 11) is 2.03. The number of hydrogen-bond acceptors (Lipinski definition) is 3. The molecular weight excluding hydrogens is 331 g/mol. The third kappa shape index (κ3) is 4.26. The highest BCUT2D eigenvalue weighted by molar-refractivity contribution is 5.79. The molecule has 2 aliphatic heterocycles. The lowest BCUT2D eigenvalue weighted by molar-refractivity contribution is -0.138. The Hall–Kier alpha value is -1.76. The lowest BCUT2D eigenvalue weighted by Crippen LogP contribution is -2.52. The van der Waals surface area contributed by atoms with Crippen molar-refractivity contribution in [3.8, 4) is 0 Å². The Labute approximate surface area is 146 Å². The molecule has 1 aromatic rings. The van der Waals surface area contributed by atoms with Gasteiger partial charge in [-0.05, 0) is 44.6 Å². The van der Waals surface area contributed by atoms with E-state index in [-0.39, 0.29) is 11.8 Å². The Morgan fingerprint density at radius 3 is 2.48 bits per heavy atom. The first-order valence-electron chi connectivity index (χ1n) is 8.74. The molecule has 7 heteroatoms. The van der Waals surface area contributed by atoms with Crippen LogP contribution in [0.4, 0.5) is 18.9 Å². The maximum Gasteiger partial charge on any atom is 0.416 e. The smallest absolute Gasteiger partial charge is 0.368 e. The molecule has 0 N–H and O–H groups in total. The highest BCUT2D eigenvalue weighted by atomic mass is 19.4. The highest BCUT2D eigenvalue weighted by Crippen LogP contribution is 2.32. The van der Waals surface area contributed by atoms with E-state index in [2.05, 4.69) is 4.90 Å². The molecule has 0 unspecified atom stereocenters. The molecular formula is C18H24F3N3O. The van der Waals surface area contributed by atoms with Crippen molar-refractivity contribution in [2.24, 2.45) is 5.92 Å². The molecule has 138 valence electrons. The van der Waals surface area contributed by atoms with Crippen molar-refractivity contribution >= 4 is 11.6 Å². The molecule has 0 spiro atoms. The number of carbonyl (C=O) groups is 1. The number of piperidine rings is 1. The third-order valence-electron chi connectivity index (χ3n) is 5.10. The summed E-state index contributed by atoms with van der Waals surface area (Å²) in [4.78, 5) is 18.6. The van der Waals surface area contributed by atoms with Crippen LogP contribution in [0.2, 0.25) is 0 Å². The number of anilines is 1. The van der Waals surface area contributed by atoms with Gasteiger partial charge in [0.05, 0.1) is 11.5 Å². The van der Waals surface area contributed by atoms with Gasteiger partial charge in [0.25, 0.3) is 0 Å². The molecule has 1 aromatic carbocycles. The minimum atomic E-state index is -4.33. The summed E-state index contributed by atoms with van der Waals surface area (Å²) in [5.74, 6) is 0.245. The molecule has 2 heterocycles. The molecule has 2 aliphatic rings. The van der Waals surface area contributed by atoms with Crippen molar-refractivity contribution in [3.05, 3.63) is 29.8 Å². The van der Waals surface area contributed by atoms with Gasteiger partial charge < -0.3 is 14.7 Å². The number of halogens is 3. The van der Waals surface area contributed by atoms with Gasteiger partial charge in [-0.25, -0.2) is 0 Å². The molecule has 2 fully saturated rings. The molecule has 0 aliphatic carbocycles. The Kier molecular flexibility index (Phi) is 5.22. The molecule has 0 saturated carbocycles. The van der Waals surface area contributed by atoms with E-state index < -0.39 is 11.7 Å². The second-order valence-corrected chi connectivity index (χ2v) is 6.96. The lowest BCUT2D eigenvalue weighted by atomic mass is 9.96. The van der Waals surface area contributed by atoms with Gasteiger partial charge in [0.15, 0.2) is 0 Å². The van der Waals surface area contributed by atoms with E-state index >= 15 is 0 Å². The second kappa shape index (κ2) is 7.23. The summed E-state index contributed by atoms with van der Waals surface area (Å²) in [6.45, 7) is 4.09. The number of piperazine rings is 1. The number of amides is 1. The van der Waals surface area contributed by atoms with Crippen LogP contribution in [0.5, 0.6) is 0 Å². The van der Waals surface area contributed by atoms with Crippen LogP contribution < -0.4 is 4.90 Å². The van der Waals surface area contributed by atoms with Gasteiger partial charge in [-0.3, -0.25) is 4.79 Å². The molecule has 1 amide bonds. The SMILES string of the molecule is CN1CCC[C@@H](C(=O)N2CCN(c3cccc(C(F)(F)F)c3)CC2)C1. The zero-order valence-electron chi connectivity index (χ0n) is 14.4. The minimum absolute atomic E-state index is 0.0545. The third-order valence-corrected chi connectivity index (χ3v) is 5.10. The molecule has 0 aromatic heterocycles. The topological polar surface area (TPSA) is 26.8 Å². The van der Waals surface area contributed by atoms with Crippen LogP contribution in [-0.4, -0.2) is 62.0 Å². The number of likely N-dealkylation sites (tertiary alicyclic amines) is 1. The van der Waals surface area contributed by atoms with Crippen LogP contribution in [0.1, 0.15) is 18.4 Å². The molecule has 2 saturated heterocycles. The fourth-order valence-electron chi connectivity index (χ4n) is 3.69.